The summed E-state index contributed by atoms with van der Waals surface area (Å²) in [5.74, 6) is 0.159. The van der Waals surface area contributed by atoms with Crippen LogP contribution in [0.5, 0.6) is 0 Å². The third kappa shape index (κ3) is 3.62. The van der Waals surface area contributed by atoms with Crippen molar-refractivity contribution in [3.05, 3.63) is 70.8 Å². The van der Waals surface area contributed by atoms with Gasteiger partial charge in [0, 0.05) is 25.1 Å². The van der Waals surface area contributed by atoms with Gasteiger partial charge >= 0.3 is 0 Å². The maximum atomic E-state index is 12.3. The van der Waals surface area contributed by atoms with Gasteiger partial charge in [0.1, 0.15) is 0 Å². The van der Waals surface area contributed by atoms with E-state index >= 15 is 0 Å². The molecule has 0 radical (unpaired) electrons. The van der Waals surface area contributed by atoms with Crippen molar-refractivity contribution in [1.29, 1.82) is 0 Å². The molecule has 0 aromatic heterocycles. The number of morpholine rings is 1. The molecule has 0 amide bonds. The second-order valence-corrected chi connectivity index (χ2v) is 5.77. The Bertz CT molecular complexity index is 643. The number of Topliss-reactive ketones (excluding diaryl/α,β-unsaturated/α-hetero) is 1. The van der Waals surface area contributed by atoms with Crippen molar-refractivity contribution >= 4 is 5.78 Å². The maximum absolute atomic E-state index is 12.3. The molecule has 1 atom stereocenters. The van der Waals surface area contributed by atoms with Gasteiger partial charge in [0.15, 0.2) is 5.78 Å². The van der Waals surface area contributed by atoms with Gasteiger partial charge < -0.3 is 10.1 Å². The first-order valence-electron chi connectivity index (χ1n) is 7.73. The van der Waals surface area contributed by atoms with Crippen LogP contribution < -0.4 is 5.32 Å². The normalized spacial score (nSPS) is 18.1. The second kappa shape index (κ2) is 6.86. The highest BCUT2D eigenvalue weighted by Gasteiger charge is 2.15. The lowest BCUT2D eigenvalue weighted by atomic mass is 9.99. The first kappa shape index (κ1) is 14.9. The Hall–Kier alpha value is -1.97. The number of carbonyl (C=O) groups excluding carboxylic acids is 1. The Morgan fingerprint density at radius 1 is 1.23 bits per heavy atom. The number of aryl methyl sites for hydroxylation is 1. The minimum absolute atomic E-state index is 0.121. The number of ketones is 1. The van der Waals surface area contributed by atoms with Crippen LogP contribution in [-0.2, 0) is 11.2 Å². The predicted molar refractivity (Wildman–Crippen MR) is 87.2 cm³/mol. The van der Waals surface area contributed by atoms with E-state index in [-0.39, 0.29) is 11.9 Å². The molecule has 0 spiro atoms. The summed E-state index contributed by atoms with van der Waals surface area (Å²) in [6, 6.07) is 15.9. The molecule has 1 unspecified atom stereocenters. The van der Waals surface area contributed by atoms with E-state index in [0.29, 0.717) is 6.42 Å². The summed E-state index contributed by atoms with van der Waals surface area (Å²) in [5, 5.41) is 3.33. The molecule has 0 aliphatic carbocycles. The van der Waals surface area contributed by atoms with Crippen molar-refractivity contribution in [2.45, 2.75) is 19.4 Å². The first-order valence-corrected chi connectivity index (χ1v) is 7.73. The average molecular weight is 295 g/mol. The lowest BCUT2D eigenvalue weighted by Gasteiger charge is -2.24. The first-order chi connectivity index (χ1) is 10.7. The molecule has 2 aromatic rings. The molecule has 1 fully saturated rings. The van der Waals surface area contributed by atoms with Crippen LogP contribution in [0.25, 0.3) is 0 Å². The number of rotatable bonds is 4. The van der Waals surface area contributed by atoms with Crippen LogP contribution in [0, 0.1) is 6.92 Å². The largest absolute Gasteiger partial charge is 0.371 e. The smallest absolute Gasteiger partial charge is 0.167 e. The summed E-state index contributed by atoms with van der Waals surface area (Å²) in [6.07, 6.45) is 0.559. The maximum Gasteiger partial charge on any atom is 0.167 e. The Kier molecular flexibility index (Phi) is 4.66. The molecule has 114 valence electrons. The van der Waals surface area contributed by atoms with Crippen molar-refractivity contribution in [3.8, 4) is 0 Å². The molecule has 1 saturated heterocycles. The minimum atomic E-state index is 0.121. The third-order valence-electron chi connectivity index (χ3n) is 3.98. The van der Waals surface area contributed by atoms with E-state index in [1.54, 1.807) is 0 Å². The highest BCUT2D eigenvalue weighted by molar-refractivity contribution is 5.97. The van der Waals surface area contributed by atoms with E-state index in [0.717, 1.165) is 36.4 Å². The van der Waals surface area contributed by atoms with E-state index < -0.39 is 0 Å². The van der Waals surface area contributed by atoms with Crippen LogP contribution >= 0.6 is 0 Å². The van der Waals surface area contributed by atoms with Crippen molar-refractivity contribution < 1.29 is 9.53 Å². The molecule has 1 N–H and O–H groups in total. The van der Waals surface area contributed by atoms with Gasteiger partial charge in [0.25, 0.3) is 0 Å². The number of carbonyl (C=O) groups is 1. The Balaban J connectivity index is 1.66. The van der Waals surface area contributed by atoms with E-state index in [4.69, 9.17) is 4.74 Å². The highest BCUT2D eigenvalue weighted by atomic mass is 16.5. The second-order valence-electron chi connectivity index (χ2n) is 5.77. The number of hydrogen-bond acceptors (Lipinski definition) is 3. The molecule has 0 saturated carbocycles. The topological polar surface area (TPSA) is 38.3 Å². The fourth-order valence-electron chi connectivity index (χ4n) is 2.74. The summed E-state index contributed by atoms with van der Waals surface area (Å²) in [7, 11) is 0. The van der Waals surface area contributed by atoms with Crippen LogP contribution in [0.4, 0.5) is 0 Å². The molecule has 1 heterocycles. The lowest BCUT2D eigenvalue weighted by Crippen LogP contribution is -2.33. The predicted octanol–water partition coefficient (Wildman–Crippen LogP) is 3.08. The monoisotopic (exact) mass is 295 g/mol. The molecule has 1 aliphatic heterocycles. The lowest BCUT2D eigenvalue weighted by molar-refractivity contribution is 0.0277. The minimum Gasteiger partial charge on any atom is -0.371 e. The zero-order valence-corrected chi connectivity index (χ0v) is 12.8. The van der Waals surface area contributed by atoms with E-state index in [1.807, 2.05) is 43.3 Å². The molecule has 3 heteroatoms. The van der Waals surface area contributed by atoms with Crippen molar-refractivity contribution in [2.24, 2.45) is 0 Å². The van der Waals surface area contributed by atoms with Gasteiger partial charge in [0.05, 0.1) is 12.7 Å². The fraction of sp³-hybridized carbons (Fsp3) is 0.316. The molecule has 22 heavy (non-hydrogen) atoms. The number of hydrogen-bond donors (Lipinski definition) is 1. The molecule has 0 bridgehead atoms. The number of benzene rings is 2. The Labute approximate surface area is 131 Å². The van der Waals surface area contributed by atoms with Crippen molar-refractivity contribution in [3.63, 3.8) is 0 Å². The zero-order chi connectivity index (χ0) is 15.4. The molecule has 1 aliphatic rings. The fourth-order valence-corrected chi connectivity index (χ4v) is 2.74. The Morgan fingerprint density at radius 3 is 2.73 bits per heavy atom. The summed E-state index contributed by atoms with van der Waals surface area (Å²) < 4.78 is 5.74. The summed E-state index contributed by atoms with van der Waals surface area (Å²) >= 11 is 0. The van der Waals surface area contributed by atoms with Gasteiger partial charge in [-0.1, -0.05) is 48.0 Å². The molecule has 3 nitrogen and oxygen atoms in total. The van der Waals surface area contributed by atoms with Gasteiger partial charge in [0.2, 0.25) is 0 Å². The van der Waals surface area contributed by atoms with Crippen LogP contribution in [0.1, 0.15) is 33.2 Å². The number of ether oxygens (including phenoxy) is 1. The van der Waals surface area contributed by atoms with Gasteiger partial charge in [-0.25, -0.2) is 0 Å². The molecular weight excluding hydrogens is 274 g/mol. The standard InChI is InChI=1S/C19H21NO2/c1-14-3-2-4-17(11-14)18(21)12-15-5-7-16(8-6-15)19-13-20-9-10-22-19/h2-8,11,19-20H,9-10,12-13H2,1H3. The SMILES string of the molecule is Cc1cccc(C(=O)Cc2ccc(C3CNCCO3)cc2)c1. The molecular formula is C19H21NO2. The third-order valence-corrected chi connectivity index (χ3v) is 3.98. The summed E-state index contributed by atoms with van der Waals surface area (Å²) in [4.78, 5) is 12.3. The van der Waals surface area contributed by atoms with Crippen LogP contribution in [0.2, 0.25) is 0 Å². The summed E-state index contributed by atoms with van der Waals surface area (Å²) in [6.45, 7) is 4.52. The zero-order valence-electron chi connectivity index (χ0n) is 12.8. The molecule has 3 rings (SSSR count). The Morgan fingerprint density at radius 2 is 2.05 bits per heavy atom. The van der Waals surface area contributed by atoms with Gasteiger partial charge in [-0.15, -0.1) is 0 Å². The molecule has 2 aromatic carbocycles. The van der Waals surface area contributed by atoms with E-state index in [2.05, 4.69) is 17.4 Å². The van der Waals surface area contributed by atoms with Crippen molar-refractivity contribution in [2.75, 3.05) is 19.7 Å². The van der Waals surface area contributed by atoms with Gasteiger partial charge in [-0.05, 0) is 24.1 Å². The highest BCUT2D eigenvalue weighted by Crippen LogP contribution is 2.19. The van der Waals surface area contributed by atoms with Gasteiger partial charge in [-0.2, -0.15) is 0 Å². The van der Waals surface area contributed by atoms with Gasteiger partial charge in [-0.3, -0.25) is 4.79 Å². The van der Waals surface area contributed by atoms with E-state index in [1.165, 1.54) is 5.56 Å². The summed E-state index contributed by atoms with van der Waals surface area (Å²) in [5.41, 5.74) is 4.10. The quantitative estimate of drug-likeness (QED) is 0.881. The van der Waals surface area contributed by atoms with E-state index in [9.17, 15) is 4.79 Å². The van der Waals surface area contributed by atoms with Crippen LogP contribution in [-0.4, -0.2) is 25.5 Å². The van der Waals surface area contributed by atoms with Crippen LogP contribution in [0.15, 0.2) is 48.5 Å². The van der Waals surface area contributed by atoms with Crippen molar-refractivity contribution in [1.82, 2.24) is 5.32 Å². The average Bonchev–Trinajstić information content (AvgIpc) is 2.56. The van der Waals surface area contributed by atoms with Crippen LogP contribution in [0.3, 0.4) is 0 Å². The number of nitrogens with one attached hydrogen (secondary N) is 1.